The molecule has 6 rings (SSSR count). The van der Waals surface area contributed by atoms with Crippen LogP contribution < -0.4 is 23.2 Å². The number of fused-ring (bicyclic) bond motifs is 1. The monoisotopic (exact) mass is 549 g/mol. The van der Waals surface area contributed by atoms with Gasteiger partial charge in [-0.25, -0.2) is 18.6 Å². The number of hydrogen-bond acceptors (Lipinski definition) is 5. The standard InChI is InChI=1S/C33H23NO.ClHO4/c35-32-21-20-25-14-10-11-19-29(25)33(32)34-30(26-15-6-2-7-16-26)22-28(24-12-4-1-5-13-24)23-31(34)27-17-8-3-9-18-27;2-1(3,4)5/h1-23H;(H,2,3,4,5). The van der Waals surface area contributed by atoms with Crippen molar-refractivity contribution in [2.75, 3.05) is 0 Å². The van der Waals surface area contributed by atoms with Crippen molar-refractivity contribution in [3.8, 4) is 45.1 Å². The predicted molar refractivity (Wildman–Crippen MR) is 143 cm³/mol. The van der Waals surface area contributed by atoms with Gasteiger partial charge in [0.05, 0.1) is 5.39 Å². The molecular formula is C33H24ClNO5. The molecule has 0 saturated carbocycles. The van der Waals surface area contributed by atoms with Gasteiger partial charge in [-0.05, 0) is 52.9 Å². The largest absolute Gasteiger partial charge is 0.502 e. The molecule has 0 bridgehead atoms. The van der Waals surface area contributed by atoms with Gasteiger partial charge in [0.2, 0.25) is 11.4 Å². The van der Waals surface area contributed by atoms with Crippen molar-refractivity contribution in [3.63, 3.8) is 0 Å². The topological polar surface area (TPSA) is 116 Å². The average Bonchev–Trinajstić information content (AvgIpc) is 2.97. The van der Waals surface area contributed by atoms with Crippen molar-refractivity contribution < 1.29 is 38.6 Å². The average molecular weight is 550 g/mol. The number of phenols is 1. The highest BCUT2D eigenvalue weighted by atomic mass is 35.7. The molecule has 0 saturated heterocycles. The van der Waals surface area contributed by atoms with Gasteiger partial charge in [0.1, 0.15) is 0 Å². The Labute approximate surface area is 233 Å². The van der Waals surface area contributed by atoms with Gasteiger partial charge in [-0.2, -0.15) is 0 Å². The number of rotatable bonds is 4. The van der Waals surface area contributed by atoms with Gasteiger partial charge in [0.25, 0.3) is 5.69 Å². The van der Waals surface area contributed by atoms with E-state index in [0.717, 1.165) is 50.1 Å². The molecule has 0 spiro atoms. The number of phenolic OH excluding ortho intramolecular Hbond substituents is 1. The summed E-state index contributed by atoms with van der Waals surface area (Å²) in [4.78, 5) is 0. The first-order valence-electron chi connectivity index (χ1n) is 12.4. The lowest BCUT2D eigenvalue weighted by atomic mass is 9.97. The van der Waals surface area contributed by atoms with Gasteiger partial charge in [-0.3, -0.25) is 0 Å². The summed E-state index contributed by atoms with van der Waals surface area (Å²) in [5.41, 5.74) is 7.23. The van der Waals surface area contributed by atoms with Gasteiger partial charge in [0.15, 0.2) is 5.75 Å². The molecule has 5 aromatic carbocycles. The zero-order chi connectivity index (χ0) is 28.1. The van der Waals surface area contributed by atoms with E-state index >= 15 is 0 Å². The molecule has 0 amide bonds. The molecule has 1 aromatic heterocycles. The van der Waals surface area contributed by atoms with Crippen molar-refractivity contribution >= 4 is 10.8 Å². The maximum absolute atomic E-state index is 11.3. The van der Waals surface area contributed by atoms with Crippen molar-refractivity contribution in [1.29, 1.82) is 0 Å². The molecule has 1 heterocycles. The molecule has 7 heteroatoms. The first kappa shape index (κ1) is 27.0. The fourth-order valence-electron chi connectivity index (χ4n) is 4.75. The number of halogens is 1. The molecule has 6 nitrogen and oxygen atoms in total. The number of aromatic hydroxyl groups is 1. The number of nitrogens with zero attached hydrogens (tertiary/aromatic N) is 1. The SMILES string of the molecule is Oc1ccc2ccccc2c1-[n+]1c(-c2ccccc2)cc(-c2ccccc2)cc1-c1ccccc1.[O-][Cl+3]([O-])([O-])[O-]. The van der Waals surface area contributed by atoms with Crippen LogP contribution in [0.3, 0.4) is 0 Å². The highest BCUT2D eigenvalue weighted by molar-refractivity contribution is 5.91. The van der Waals surface area contributed by atoms with E-state index in [0.29, 0.717) is 0 Å². The fraction of sp³-hybridized carbons (Fsp3) is 0. The zero-order valence-corrected chi connectivity index (χ0v) is 21.9. The lowest BCUT2D eigenvalue weighted by Gasteiger charge is -2.17. The van der Waals surface area contributed by atoms with E-state index in [9.17, 15) is 5.11 Å². The minimum atomic E-state index is -4.94. The molecule has 40 heavy (non-hydrogen) atoms. The third kappa shape index (κ3) is 6.18. The molecule has 0 unspecified atom stereocenters. The smallest absolute Gasteiger partial charge is 0.261 e. The highest BCUT2D eigenvalue weighted by Gasteiger charge is 2.29. The van der Waals surface area contributed by atoms with Crippen LogP contribution >= 0.6 is 0 Å². The minimum absolute atomic E-state index is 0.246. The summed E-state index contributed by atoms with van der Waals surface area (Å²) in [5.74, 6) is 0.246. The third-order valence-electron chi connectivity index (χ3n) is 6.42. The highest BCUT2D eigenvalue weighted by Crippen LogP contribution is 2.35. The molecular weight excluding hydrogens is 526 g/mol. The molecule has 0 fully saturated rings. The van der Waals surface area contributed by atoms with Crippen LogP contribution in [-0.4, -0.2) is 5.11 Å². The summed E-state index contributed by atoms with van der Waals surface area (Å²) in [6.07, 6.45) is 0. The number of hydrogen-bond donors (Lipinski definition) is 1. The molecule has 6 aromatic rings. The summed E-state index contributed by atoms with van der Waals surface area (Å²) >= 11 is 0. The summed E-state index contributed by atoms with van der Waals surface area (Å²) in [5, 5.41) is 13.4. The number of aromatic nitrogens is 1. The third-order valence-corrected chi connectivity index (χ3v) is 6.42. The Bertz CT molecular complexity index is 1670. The first-order valence-corrected chi connectivity index (χ1v) is 13.6. The van der Waals surface area contributed by atoms with Gasteiger partial charge < -0.3 is 5.11 Å². The molecule has 0 aliphatic carbocycles. The van der Waals surface area contributed by atoms with Crippen molar-refractivity contribution in [2.45, 2.75) is 0 Å². The van der Waals surface area contributed by atoms with Crippen LogP contribution in [0.1, 0.15) is 0 Å². The second kappa shape index (κ2) is 11.7. The van der Waals surface area contributed by atoms with Gasteiger partial charge in [-0.15, -0.1) is 14.8 Å². The molecule has 0 atom stereocenters. The minimum Gasteiger partial charge on any atom is -0.502 e. The van der Waals surface area contributed by atoms with Gasteiger partial charge in [-0.1, -0.05) is 91.0 Å². The fourth-order valence-corrected chi connectivity index (χ4v) is 4.75. The van der Waals surface area contributed by atoms with E-state index < -0.39 is 10.2 Å². The lowest BCUT2D eigenvalue weighted by molar-refractivity contribution is -2.00. The summed E-state index contributed by atoms with van der Waals surface area (Å²) in [7, 11) is -4.94. The van der Waals surface area contributed by atoms with Gasteiger partial charge in [0, 0.05) is 23.3 Å². The maximum atomic E-state index is 11.3. The Hall–Kier alpha value is -4.56. The van der Waals surface area contributed by atoms with Crippen molar-refractivity contribution in [3.05, 3.63) is 140 Å². The van der Waals surface area contributed by atoms with Crippen LogP contribution in [0.25, 0.3) is 50.1 Å². The van der Waals surface area contributed by atoms with Crippen LogP contribution in [0, 0.1) is 10.2 Å². The molecule has 0 aliphatic rings. The Balaban J connectivity index is 0.000000595. The second-order valence-electron chi connectivity index (χ2n) is 8.98. The lowest BCUT2D eigenvalue weighted by Crippen LogP contribution is -2.68. The van der Waals surface area contributed by atoms with E-state index in [1.54, 1.807) is 6.07 Å². The summed E-state index contributed by atoms with van der Waals surface area (Å²) in [6.45, 7) is 0. The van der Waals surface area contributed by atoms with Crippen LogP contribution in [0.2, 0.25) is 0 Å². The van der Waals surface area contributed by atoms with Crippen LogP contribution in [0.15, 0.2) is 140 Å². The molecule has 198 valence electrons. The van der Waals surface area contributed by atoms with E-state index in [-0.39, 0.29) is 5.75 Å². The van der Waals surface area contributed by atoms with Crippen LogP contribution in [-0.2, 0) is 0 Å². The number of pyridine rings is 1. The Kier molecular flexibility index (Phi) is 7.89. The molecule has 1 N–H and O–H groups in total. The Morgan fingerprint density at radius 2 is 0.900 bits per heavy atom. The Morgan fingerprint density at radius 1 is 0.475 bits per heavy atom. The van der Waals surface area contributed by atoms with E-state index in [4.69, 9.17) is 18.6 Å². The molecule has 0 radical (unpaired) electrons. The normalized spacial score (nSPS) is 11.1. The van der Waals surface area contributed by atoms with E-state index in [1.807, 2.05) is 36.4 Å². The second-order valence-corrected chi connectivity index (χ2v) is 9.74. The van der Waals surface area contributed by atoms with Crippen molar-refractivity contribution in [1.82, 2.24) is 0 Å². The molecule has 0 aliphatic heterocycles. The van der Waals surface area contributed by atoms with Crippen LogP contribution in [0.4, 0.5) is 0 Å². The summed E-state index contributed by atoms with van der Waals surface area (Å²) < 4.78 is 36.2. The van der Waals surface area contributed by atoms with E-state index in [1.165, 1.54) is 0 Å². The Morgan fingerprint density at radius 3 is 1.40 bits per heavy atom. The maximum Gasteiger partial charge on any atom is 0.261 e. The predicted octanol–water partition coefficient (Wildman–Crippen LogP) is 3.07. The van der Waals surface area contributed by atoms with Crippen LogP contribution in [0.5, 0.6) is 5.75 Å². The van der Waals surface area contributed by atoms with E-state index in [2.05, 4.69) is 102 Å². The quantitative estimate of drug-likeness (QED) is 0.339. The number of benzene rings is 5. The summed E-state index contributed by atoms with van der Waals surface area (Å²) in [6, 6.07) is 47.6. The van der Waals surface area contributed by atoms with Gasteiger partial charge >= 0.3 is 0 Å². The zero-order valence-electron chi connectivity index (χ0n) is 21.2. The first-order chi connectivity index (χ1) is 19.3. The van der Waals surface area contributed by atoms with Crippen molar-refractivity contribution in [2.24, 2.45) is 0 Å².